The largest absolute Gasteiger partial charge is 0.365 e. The normalized spacial score (nSPS) is 12.2. The van der Waals surface area contributed by atoms with Crippen LogP contribution in [0, 0.1) is 5.92 Å². The monoisotopic (exact) mass is 222 g/mol. The Labute approximate surface area is 95.5 Å². The molecular weight excluding hydrogens is 204 g/mol. The van der Waals surface area contributed by atoms with Crippen molar-refractivity contribution in [3.8, 4) is 0 Å². The summed E-state index contributed by atoms with van der Waals surface area (Å²) >= 11 is 0. The highest BCUT2D eigenvalue weighted by Gasteiger charge is 2.13. The highest BCUT2D eigenvalue weighted by Crippen LogP contribution is 2.14. The molecular formula is C11H18N4O. The molecule has 0 spiro atoms. The lowest BCUT2D eigenvalue weighted by Crippen LogP contribution is -2.17. The van der Waals surface area contributed by atoms with Crippen molar-refractivity contribution in [2.45, 2.75) is 26.7 Å². The van der Waals surface area contributed by atoms with Gasteiger partial charge in [0.25, 0.3) is 5.91 Å². The van der Waals surface area contributed by atoms with Crippen molar-refractivity contribution in [1.82, 2.24) is 9.97 Å². The Morgan fingerprint density at radius 1 is 1.62 bits per heavy atom. The lowest BCUT2D eigenvalue weighted by Gasteiger charge is -2.11. The molecule has 1 aromatic heterocycles. The van der Waals surface area contributed by atoms with Crippen LogP contribution in [0.3, 0.4) is 0 Å². The van der Waals surface area contributed by atoms with Crippen LogP contribution < -0.4 is 11.1 Å². The van der Waals surface area contributed by atoms with Crippen LogP contribution in [0.1, 0.15) is 36.3 Å². The van der Waals surface area contributed by atoms with Gasteiger partial charge in [0.15, 0.2) is 0 Å². The average Bonchev–Trinajstić information content (AvgIpc) is 2.28. The fourth-order valence-corrected chi connectivity index (χ4v) is 1.37. The third-order valence-corrected chi connectivity index (χ3v) is 2.60. The first-order valence-electron chi connectivity index (χ1n) is 5.42. The van der Waals surface area contributed by atoms with E-state index in [1.165, 1.54) is 6.20 Å². The van der Waals surface area contributed by atoms with Gasteiger partial charge in [-0.2, -0.15) is 0 Å². The maximum atomic E-state index is 11.2. The molecule has 1 rings (SSSR count). The van der Waals surface area contributed by atoms with Crippen LogP contribution in [0.5, 0.6) is 0 Å². The van der Waals surface area contributed by atoms with E-state index in [4.69, 9.17) is 5.73 Å². The molecule has 1 amide bonds. The number of primary amides is 1. The zero-order valence-corrected chi connectivity index (χ0v) is 9.95. The van der Waals surface area contributed by atoms with Gasteiger partial charge in [-0.3, -0.25) is 4.79 Å². The number of carbonyl (C=O) groups excluding carboxylic acids is 1. The van der Waals surface area contributed by atoms with Gasteiger partial charge >= 0.3 is 0 Å². The second kappa shape index (κ2) is 5.44. The van der Waals surface area contributed by atoms with Crippen molar-refractivity contribution in [2.24, 2.45) is 11.7 Å². The van der Waals surface area contributed by atoms with Gasteiger partial charge in [-0.15, -0.1) is 0 Å². The van der Waals surface area contributed by atoms with Crippen LogP contribution in [-0.4, -0.2) is 22.9 Å². The topological polar surface area (TPSA) is 80.9 Å². The third-order valence-electron chi connectivity index (χ3n) is 2.60. The number of amides is 1. The van der Waals surface area contributed by atoms with Gasteiger partial charge in [0.2, 0.25) is 5.95 Å². The number of anilines is 1. The number of rotatable bonds is 5. The molecule has 0 bridgehead atoms. The van der Waals surface area contributed by atoms with Gasteiger partial charge in [-0.05, 0) is 12.3 Å². The standard InChI is InChI=1S/C11H18N4O/c1-4-7(2)5-9-8(10(12)16)6-14-11(13-3)15-9/h6-7H,4-5H2,1-3H3,(H2,12,16)(H,13,14,15). The van der Waals surface area contributed by atoms with Crippen LogP contribution in [0.15, 0.2) is 6.20 Å². The molecule has 1 aromatic rings. The second-order valence-corrected chi connectivity index (χ2v) is 3.89. The van der Waals surface area contributed by atoms with E-state index in [1.807, 2.05) is 0 Å². The molecule has 16 heavy (non-hydrogen) atoms. The Balaban J connectivity index is 3.05. The average molecular weight is 222 g/mol. The fourth-order valence-electron chi connectivity index (χ4n) is 1.37. The van der Waals surface area contributed by atoms with E-state index in [1.54, 1.807) is 7.05 Å². The van der Waals surface area contributed by atoms with E-state index in [0.29, 0.717) is 17.4 Å². The smallest absolute Gasteiger partial charge is 0.252 e. The molecule has 5 nitrogen and oxygen atoms in total. The molecule has 0 radical (unpaired) electrons. The molecule has 3 N–H and O–H groups in total. The predicted octanol–water partition coefficient (Wildman–Crippen LogP) is 1.21. The van der Waals surface area contributed by atoms with Crippen molar-refractivity contribution in [3.05, 3.63) is 17.5 Å². The Morgan fingerprint density at radius 2 is 2.31 bits per heavy atom. The number of carbonyl (C=O) groups is 1. The summed E-state index contributed by atoms with van der Waals surface area (Å²) in [6.45, 7) is 4.22. The van der Waals surface area contributed by atoms with Gasteiger partial charge in [-0.25, -0.2) is 9.97 Å². The number of hydrogen-bond acceptors (Lipinski definition) is 4. The Bertz CT molecular complexity index is 378. The van der Waals surface area contributed by atoms with Crippen LogP contribution in [-0.2, 0) is 6.42 Å². The van der Waals surface area contributed by atoms with Crippen molar-refractivity contribution in [1.29, 1.82) is 0 Å². The van der Waals surface area contributed by atoms with Crippen molar-refractivity contribution < 1.29 is 4.79 Å². The molecule has 0 aliphatic heterocycles. The van der Waals surface area contributed by atoms with Gasteiger partial charge in [0.05, 0.1) is 11.3 Å². The lowest BCUT2D eigenvalue weighted by atomic mass is 10.00. The summed E-state index contributed by atoms with van der Waals surface area (Å²) in [6, 6.07) is 0. The molecule has 0 fully saturated rings. The second-order valence-electron chi connectivity index (χ2n) is 3.89. The zero-order valence-electron chi connectivity index (χ0n) is 9.95. The first kappa shape index (κ1) is 12.4. The Morgan fingerprint density at radius 3 is 2.81 bits per heavy atom. The summed E-state index contributed by atoms with van der Waals surface area (Å²) in [7, 11) is 1.74. The molecule has 0 aromatic carbocycles. The van der Waals surface area contributed by atoms with E-state index in [-0.39, 0.29) is 0 Å². The third kappa shape index (κ3) is 2.92. The lowest BCUT2D eigenvalue weighted by molar-refractivity contribution is 0.0998. The summed E-state index contributed by atoms with van der Waals surface area (Å²) in [5, 5.41) is 2.85. The maximum absolute atomic E-state index is 11.2. The number of nitrogens with zero attached hydrogens (tertiary/aromatic N) is 2. The molecule has 0 saturated carbocycles. The maximum Gasteiger partial charge on any atom is 0.252 e. The summed E-state index contributed by atoms with van der Waals surface area (Å²) in [6.07, 6.45) is 3.27. The van der Waals surface area contributed by atoms with Gasteiger partial charge in [0.1, 0.15) is 0 Å². The molecule has 0 aliphatic carbocycles. The van der Waals surface area contributed by atoms with Crippen molar-refractivity contribution >= 4 is 11.9 Å². The molecule has 1 heterocycles. The molecule has 1 unspecified atom stereocenters. The van der Waals surface area contributed by atoms with Gasteiger partial charge < -0.3 is 11.1 Å². The summed E-state index contributed by atoms with van der Waals surface area (Å²) in [5.41, 5.74) is 6.42. The van der Waals surface area contributed by atoms with Gasteiger partial charge in [-0.1, -0.05) is 20.3 Å². The van der Waals surface area contributed by atoms with Crippen molar-refractivity contribution in [2.75, 3.05) is 12.4 Å². The van der Waals surface area contributed by atoms with Crippen molar-refractivity contribution in [3.63, 3.8) is 0 Å². The molecule has 5 heteroatoms. The summed E-state index contributed by atoms with van der Waals surface area (Å²) in [4.78, 5) is 19.5. The minimum absolute atomic E-state index is 0.416. The quantitative estimate of drug-likeness (QED) is 0.784. The Kier molecular flexibility index (Phi) is 4.22. The molecule has 1 atom stereocenters. The van der Waals surface area contributed by atoms with E-state index >= 15 is 0 Å². The first-order chi connectivity index (χ1) is 7.58. The van der Waals surface area contributed by atoms with E-state index in [9.17, 15) is 4.79 Å². The van der Waals surface area contributed by atoms with E-state index in [2.05, 4.69) is 29.1 Å². The first-order valence-corrected chi connectivity index (χ1v) is 5.42. The zero-order chi connectivity index (χ0) is 12.1. The van der Waals surface area contributed by atoms with Gasteiger partial charge in [0, 0.05) is 13.2 Å². The van der Waals surface area contributed by atoms with E-state index < -0.39 is 5.91 Å². The molecule has 0 aliphatic rings. The van der Waals surface area contributed by atoms with Crippen LogP contribution in [0.4, 0.5) is 5.95 Å². The number of hydrogen-bond donors (Lipinski definition) is 2. The fraction of sp³-hybridized carbons (Fsp3) is 0.545. The van der Waals surface area contributed by atoms with E-state index in [0.717, 1.165) is 18.5 Å². The Hall–Kier alpha value is -1.65. The predicted molar refractivity (Wildman–Crippen MR) is 63.3 cm³/mol. The highest BCUT2D eigenvalue weighted by atomic mass is 16.1. The number of nitrogens with one attached hydrogen (secondary N) is 1. The minimum atomic E-state index is -0.471. The van der Waals surface area contributed by atoms with Crippen LogP contribution >= 0.6 is 0 Å². The summed E-state index contributed by atoms with van der Waals surface area (Å²) < 4.78 is 0. The number of nitrogens with two attached hydrogens (primary N) is 1. The van der Waals surface area contributed by atoms with Crippen LogP contribution in [0.25, 0.3) is 0 Å². The molecule has 88 valence electrons. The summed E-state index contributed by atoms with van der Waals surface area (Å²) in [5.74, 6) is 0.516. The number of aromatic nitrogens is 2. The van der Waals surface area contributed by atoms with Crippen LogP contribution in [0.2, 0.25) is 0 Å². The highest BCUT2D eigenvalue weighted by molar-refractivity contribution is 5.93. The SMILES string of the molecule is CCC(C)Cc1nc(NC)ncc1C(N)=O. The molecule has 0 saturated heterocycles. The minimum Gasteiger partial charge on any atom is -0.365 e.